The van der Waals surface area contributed by atoms with E-state index in [4.69, 9.17) is 4.74 Å². The number of hydrogen-bond acceptors (Lipinski definition) is 4. The van der Waals surface area contributed by atoms with E-state index in [9.17, 15) is 14.4 Å². The summed E-state index contributed by atoms with van der Waals surface area (Å²) >= 11 is 0. The van der Waals surface area contributed by atoms with Crippen molar-refractivity contribution in [1.82, 2.24) is 4.90 Å². The van der Waals surface area contributed by atoms with Gasteiger partial charge in [0.1, 0.15) is 6.10 Å². The zero-order chi connectivity index (χ0) is 16.5. The van der Waals surface area contributed by atoms with E-state index < -0.39 is 5.97 Å². The first kappa shape index (κ1) is 14.7. The van der Waals surface area contributed by atoms with E-state index in [2.05, 4.69) is 6.58 Å². The molecule has 4 aliphatic rings. The summed E-state index contributed by atoms with van der Waals surface area (Å²) in [5.74, 6) is -0.892. The Morgan fingerprint density at radius 2 is 1.78 bits per heavy atom. The van der Waals surface area contributed by atoms with Crippen LogP contribution >= 0.6 is 0 Å². The molecule has 0 N–H and O–H groups in total. The van der Waals surface area contributed by atoms with Crippen molar-refractivity contribution in [2.24, 2.45) is 23.7 Å². The monoisotopic (exact) mass is 315 g/mol. The number of carbonyl (C=O) groups excluding carboxylic acids is 3. The van der Waals surface area contributed by atoms with Crippen LogP contribution in [0, 0.1) is 23.7 Å². The van der Waals surface area contributed by atoms with Gasteiger partial charge in [-0.1, -0.05) is 6.58 Å². The number of rotatable bonds is 3. The zero-order valence-electron chi connectivity index (χ0n) is 13.5. The van der Waals surface area contributed by atoms with Crippen molar-refractivity contribution in [2.75, 3.05) is 0 Å². The molecule has 3 aliphatic carbocycles. The summed E-state index contributed by atoms with van der Waals surface area (Å²) in [5.41, 5.74) is 2.42. The molecule has 23 heavy (non-hydrogen) atoms. The number of likely N-dealkylation sites (tertiary alicyclic amines) is 1. The first-order chi connectivity index (χ1) is 10.9. The second-order valence-electron chi connectivity index (χ2n) is 7.37. The van der Waals surface area contributed by atoms with Crippen LogP contribution in [0.25, 0.3) is 0 Å². The average molecular weight is 315 g/mol. The molecule has 5 unspecified atom stereocenters. The molecule has 2 amide bonds. The van der Waals surface area contributed by atoms with Crippen molar-refractivity contribution in [3.05, 3.63) is 23.4 Å². The Hall–Kier alpha value is -1.91. The topological polar surface area (TPSA) is 63.7 Å². The number of esters is 1. The molecule has 5 nitrogen and oxygen atoms in total. The molecule has 4 rings (SSSR count). The van der Waals surface area contributed by atoms with Gasteiger partial charge in [-0.25, -0.2) is 4.79 Å². The first-order valence-corrected chi connectivity index (χ1v) is 8.33. The van der Waals surface area contributed by atoms with Crippen LogP contribution in [0.5, 0.6) is 0 Å². The molecule has 1 aliphatic heterocycles. The number of imide groups is 1. The van der Waals surface area contributed by atoms with Crippen LogP contribution in [-0.2, 0) is 19.1 Å². The highest BCUT2D eigenvalue weighted by Gasteiger charge is 2.65. The number of carbonyl (C=O) groups is 3. The molecular weight excluding hydrogens is 294 g/mol. The highest BCUT2D eigenvalue weighted by Crippen LogP contribution is 2.58. The highest BCUT2D eigenvalue weighted by atomic mass is 16.5. The molecule has 1 saturated heterocycles. The number of fused-ring (bicyclic) bond motifs is 5. The van der Waals surface area contributed by atoms with Crippen molar-refractivity contribution in [3.8, 4) is 0 Å². The smallest absolute Gasteiger partial charge is 0.333 e. The molecule has 5 heteroatoms. The lowest BCUT2D eigenvalue weighted by molar-refractivity contribution is -0.150. The fourth-order valence-corrected chi connectivity index (χ4v) is 4.69. The summed E-state index contributed by atoms with van der Waals surface area (Å²) in [5, 5.41) is 0. The van der Waals surface area contributed by atoms with E-state index in [1.165, 1.54) is 10.5 Å². The third kappa shape index (κ3) is 2.02. The van der Waals surface area contributed by atoms with Gasteiger partial charge in [-0.15, -0.1) is 0 Å². The van der Waals surface area contributed by atoms with E-state index in [0.717, 1.165) is 25.0 Å². The van der Waals surface area contributed by atoms with Crippen LogP contribution in [0.15, 0.2) is 23.4 Å². The molecule has 0 radical (unpaired) electrons. The largest absolute Gasteiger partial charge is 0.459 e. The van der Waals surface area contributed by atoms with E-state index in [-0.39, 0.29) is 41.6 Å². The molecule has 0 aromatic carbocycles. The Morgan fingerprint density at radius 1 is 1.13 bits per heavy atom. The molecule has 0 aromatic heterocycles. The number of ether oxygens (including phenoxy) is 1. The van der Waals surface area contributed by atoms with Crippen LogP contribution in [-0.4, -0.2) is 28.8 Å². The molecular formula is C18H21NO4. The van der Waals surface area contributed by atoms with Gasteiger partial charge in [0.05, 0.1) is 11.8 Å². The van der Waals surface area contributed by atoms with Gasteiger partial charge < -0.3 is 4.74 Å². The second kappa shape index (κ2) is 4.79. The van der Waals surface area contributed by atoms with Crippen LogP contribution in [0.3, 0.4) is 0 Å². The van der Waals surface area contributed by atoms with Crippen molar-refractivity contribution in [3.63, 3.8) is 0 Å². The van der Waals surface area contributed by atoms with Gasteiger partial charge in [-0.05, 0) is 51.0 Å². The summed E-state index contributed by atoms with van der Waals surface area (Å²) in [6.07, 6.45) is 3.22. The average Bonchev–Trinajstić information content (AvgIpc) is 3.11. The molecule has 3 saturated carbocycles. The predicted molar refractivity (Wildman–Crippen MR) is 81.7 cm³/mol. The van der Waals surface area contributed by atoms with Gasteiger partial charge in [0.25, 0.3) is 0 Å². The minimum atomic E-state index is -0.399. The fraction of sp³-hybridized carbons (Fsp3) is 0.611. The van der Waals surface area contributed by atoms with Gasteiger partial charge in [-0.2, -0.15) is 0 Å². The summed E-state index contributed by atoms with van der Waals surface area (Å²) < 4.78 is 5.52. The molecule has 2 bridgehead atoms. The fourth-order valence-electron chi connectivity index (χ4n) is 4.69. The van der Waals surface area contributed by atoms with E-state index in [0.29, 0.717) is 12.0 Å². The van der Waals surface area contributed by atoms with E-state index in [1.807, 2.05) is 6.92 Å². The third-order valence-corrected chi connectivity index (χ3v) is 5.91. The number of amides is 2. The number of nitrogens with zero attached hydrogens (tertiary/aromatic N) is 1. The standard InChI is InChI=1S/C18H21NO4/c1-8(2)18(22)23-13-7-11-6-12(13)15-14(11)16(20)19(17(15)21)9(3)10-4-5-10/h11-15H,1,4-7H2,2-3H3. The Kier molecular flexibility index (Phi) is 3.06. The maximum atomic E-state index is 12.8. The van der Waals surface area contributed by atoms with E-state index in [1.54, 1.807) is 6.92 Å². The summed E-state index contributed by atoms with van der Waals surface area (Å²) in [6, 6.07) is 0. The Morgan fingerprint density at radius 3 is 2.39 bits per heavy atom. The highest BCUT2D eigenvalue weighted by molar-refractivity contribution is 6.07. The van der Waals surface area contributed by atoms with Crippen LogP contribution in [0.2, 0.25) is 0 Å². The molecule has 1 heterocycles. The molecule has 0 spiro atoms. The SMILES string of the molecule is C=C(C)C(=O)OC1CC2CC1C1C(=O)N(C(C)=C3CC3)C(=O)C21. The first-order valence-electron chi connectivity index (χ1n) is 8.33. The van der Waals surface area contributed by atoms with Crippen LogP contribution in [0.4, 0.5) is 0 Å². The van der Waals surface area contributed by atoms with Crippen molar-refractivity contribution >= 4 is 17.8 Å². The van der Waals surface area contributed by atoms with Gasteiger partial charge in [0, 0.05) is 17.2 Å². The minimum Gasteiger partial charge on any atom is -0.459 e. The summed E-state index contributed by atoms with van der Waals surface area (Å²) in [6.45, 7) is 7.10. The maximum absolute atomic E-state index is 12.8. The predicted octanol–water partition coefficient (Wildman–Crippen LogP) is 2.18. The molecule has 5 atom stereocenters. The second-order valence-corrected chi connectivity index (χ2v) is 7.37. The number of hydrogen-bond donors (Lipinski definition) is 0. The zero-order valence-corrected chi connectivity index (χ0v) is 13.5. The van der Waals surface area contributed by atoms with Gasteiger partial charge in [0.15, 0.2) is 0 Å². The van der Waals surface area contributed by atoms with Crippen molar-refractivity contribution < 1.29 is 19.1 Å². The quantitative estimate of drug-likeness (QED) is 0.455. The van der Waals surface area contributed by atoms with Crippen LogP contribution in [0.1, 0.15) is 39.5 Å². The lowest BCUT2D eigenvalue weighted by Crippen LogP contribution is -2.36. The molecule has 0 aromatic rings. The number of allylic oxidation sites excluding steroid dienone is 2. The lowest BCUT2D eigenvalue weighted by Gasteiger charge is -2.28. The Labute approximate surface area is 135 Å². The normalized spacial score (nSPS) is 37.2. The summed E-state index contributed by atoms with van der Waals surface area (Å²) in [7, 11) is 0. The lowest BCUT2D eigenvalue weighted by atomic mass is 9.79. The minimum absolute atomic E-state index is 0.0215. The van der Waals surface area contributed by atoms with Gasteiger partial charge in [-0.3, -0.25) is 14.5 Å². The Balaban J connectivity index is 1.58. The van der Waals surface area contributed by atoms with Crippen molar-refractivity contribution in [1.29, 1.82) is 0 Å². The summed E-state index contributed by atoms with van der Waals surface area (Å²) in [4.78, 5) is 38.8. The maximum Gasteiger partial charge on any atom is 0.333 e. The molecule has 4 fully saturated rings. The third-order valence-electron chi connectivity index (χ3n) is 5.91. The van der Waals surface area contributed by atoms with Gasteiger partial charge in [0.2, 0.25) is 11.8 Å². The molecule has 122 valence electrons. The van der Waals surface area contributed by atoms with Crippen molar-refractivity contribution in [2.45, 2.75) is 45.6 Å². The Bertz CT molecular complexity index is 671. The van der Waals surface area contributed by atoms with Crippen LogP contribution < -0.4 is 0 Å². The van der Waals surface area contributed by atoms with Gasteiger partial charge >= 0.3 is 5.97 Å². The van der Waals surface area contributed by atoms with E-state index >= 15 is 0 Å².